The summed E-state index contributed by atoms with van der Waals surface area (Å²) < 4.78 is 18.1. The zero-order valence-corrected chi connectivity index (χ0v) is 8.94. The van der Waals surface area contributed by atoms with Crippen LogP contribution in [0.4, 0.5) is 4.39 Å². The normalized spacial score (nSPS) is 12.6. The van der Waals surface area contributed by atoms with Gasteiger partial charge in [-0.05, 0) is 25.0 Å². The summed E-state index contributed by atoms with van der Waals surface area (Å²) in [6.07, 6.45) is 0.614. The Bertz CT molecular complexity index is 328. The molecule has 0 bridgehead atoms. The second-order valence-corrected chi connectivity index (χ2v) is 3.61. The van der Waals surface area contributed by atoms with Crippen molar-refractivity contribution in [1.29, 1.82) is 0 Å². The fraction of sp³-hybridized carbons (Fsp3) is 0.400. The molecule has 14 heavy (non-hydrogen) atoms. The Balaban J connectivity index is 3.10. The Kier molecular flexibility index (Phi) is 3.72. The summed E-state index contributed by atoms with van der Waals surface area (Å²) in [5, 5.41) is 0.0191. The Morgan fingerprint density at radius 1 is 1.57 bits per heavy atom. The molecule has 1 atom stereocenters. The summed E-state index contributed by atoms with van der Waals surface area (Å²) in [4.78, 5) is 0. The molecule has 78 valence electrons. The van der Waals surface area contributed by atoms with E-state index >= 15 is 0 Å². The van der Waals surface area contributed by atoms with Gasteiger partial charge in [-0.3, -0.25) is 0 Å². The molecule has 0 radical (unpaired) electrons. The molecule has 0 saturated carbocycles. The number of benzene rings is 1. The van der Waals surface area contributed by atoms with E-state index in [0.29, 0.717) is 12.2 Å². The molecule has 1 aromatic carbocycles. The molecule has 2 nitrogen and oxygen atoms in total. The molecule has 0 fully saturated rings. The van der Waals surface area contributed by atoms with Crippen molar-refractivity contribution in [2.24, 2.45) is 5.73 Å². The van der Waals surface area contributed by atoms with E-state index in [1.54, 1.807) is 6.07 Å². The molecule has 1 rings (SSSR count). The summed E-state index contributed by atoms with van der Waals surface area (Å²) in [5.74, 6) is -0.0964. The average Bonchev–Trinajstić information content (AvgIpc) is 2.11. The SMILES string of the molecule is COc1c(CC(C)N)ccc(F)c1Cl. The first-order valence-electron chi connectivity index (χ1n) is 4.32. The molecule has 0 amide bonds. The maximum atomic E-state index is 13.0. The third kappa shape index (κ3) is 2.36. The van der Waals surface area contributed by atoms with Crippen molar-refractivity contribution in [3.63, 3.8) is 0 Å². The quantitative estimate of drug-likeness (QED) is 0.844. The zero-order valence-electron chi connectivity index (χ0n) is 8.18. The number of methoxy groups -OCH3 is 1. The van der Waals surface area contributed by atoms with Crippen LogP contribution >= 0.6 is 11.6 Å². The van der Waals surface area contributed by atoms with E-state index in [9.17, 15) is 4.39 Å². The van der Waals surface area contributed by atoms with Gasteiger partial charge in [0.25, 0.3) is 0 Å². The van der Waals surface area contributed by atoms with Crippen LogP contribution in [0.1, 0.15) is 12.5 Å². The minimum Gasteiger partial charge on any atom is -0.495 e. The highest BCUT2D eigenvalue weighted by Crippen LogP contribution is 2.31. The molecule has 0 aliphatic carbocycles. The minimum absolute atomic E-state index is 0.00886. The van der Waals surface area contributed by atoms with Gasteiger partial charge in [0.1, 0.15) is 16.6 Å². The van der Waals surface area contributed by atoms with Crippen LogP contribution in [0.15, 0.2) is 12.1 Å². The zero-order chi connectivity index (χ0) is 10.7. The first kappa shape index (κ1) is 11.3. The molecule has 0 aliphatic rings. The number of ether oxygens (including phenoxy) is 1. The Hall–Kier alpha value is -0.800. The molecular formula is C10H13ClFNO. The summed E-state index contributed by atoms with van der Waals surface area (Å²) in [5.41, 5.74) is 6.47. The monoisotopic (exact) mass is 217 g/mol. The third-order valence-electron chi connectivity index (χ3n) is 1.88. The Labute approximate surface area is 87.8 Å². The molecule has 1 unspecified atom stereocenters. The van der Waals surface area contributed by atoms with Gasteiger partial charge in [0, 0.05) is 6.04 Å². The summed E-state index contributed by atoms with van der Waals surface area (Å²) in [7, 11) is 1.46. The Morgan fingerprint density at radius 3 is 2.71 bits per heavy atom. The topological polar surface area (TPSA) is 35.2 Å². The number of hydrogen-bond donors (Lipinski definition) is 1. The largest absolute Gasteiger partial charge is 0.495 e. The predicted octanol–water partition coefficient (Wildman–Crippen LogP) is 2.38. The fourth-order valence-corrected chi connectivity index (χ4v) is 1.56. The van der Waals surface area contributed by atoms with Crippen LogP contribution in [0.5, 0.6) is 5.75 Å². The fourth-order valence-electron chi connectivity index (χ4n) is 1.30. The molecule has 0 saturated heterocycles. The molecule has 4 heteroatoms. The minimum atomic E-state index is -0.475. The van der Waals surface area contributed by atoms with Crippen LogP contribution in [0.3, 0.4) is 0 Å². The van der Waals surface area contributed by atoms with Crippen molar-refractivity contribution in [3.8, 4) is 5.75 Å². The number of hydrogen-bond acceptors (Lipinski definition) is 2. The second kappa shape index (κ2) is 4.62. The van der Waals surface area contributed by atoms with Gasteiger partial charge >= 0.3 is 0 Å². The highest BCUT2D eigenvalue weighted by Gasteiger charge is 2.13. The van der Waals surface area contributed by atoms with E-state index < -0.39 is 5.82 Å². The number of nitrogens with two attached hydrogens (primary N) is 1. The van der Waals surface area contributed by atoms with Gasteiger partial charge < -0.3 is 10.5 Å². The molecule has 0 aromatic heterocycles. The standard InChI is InChI=1S/C10H13ClFNO/c1-6(13)5-7-3-4-8(12)9(11)10(7)14-2/h3-4,6H,5,13H2,1-2H3. The van der Waals surface area contributed by atoms with E-state index in [1.165, 1.54) is 13.2 Å². The van der Waals surface area contributed by atoms with Gasteiger partial charge in [0.05, 0.1) is 7.11 Å². The highest BCUT2D eigenvalue weighted by molar-refractivity contribution is 6.32. The van der Waals surface area contributed by atoms with Gasteiger partial charge in [-0.25, -0.2) is 4.39 Å². The highest BCUT2D eigenvalue weighted by atomic mass is 35.5. The van der Waals surface area contributed by atoms with Crippen LogP contribution in [0, 0.1) is 5.82 Å². The first-order valence-corrected chi connectivity index (χ1v) is 4.70. The first-order chi connectivity index (χ1) is 6.56. The molecule has 2 N–H and O–H groups in total. The van der Waals surface area contributed by atoms with Crippen molar-refractivity contribution < 1.29 is 9.13 Å². The van der Waals surface area contributed by atoms with Crippen LogP contribution in [-0.2, 0) is 6.42 Å². The van der Waals surface area contributed by atoms with Crippen molar-refractivity contribution in [2.75, 3.05) is 7.11 Å². The van der Waals surface area contributed by atoms with Crippen LogP contribution < -0.4 is 10.5 Å². The molecule has 0 spiro atoms. The second-order valence-electron chi connectivity index (χ2n) is 3.24. The van der Waals surface area contributed by atoms with Crippen LogP contribution in [0.2, 0.25) is 5.02 Å². The summed E-state index contributed by atoms with van der Waals surface area (Å²) >= 11 is 5.74. The lowest BCUT2D eigenvalue weighted by Crippen LogP contribution is -2.18. The van der Waals surface area contributed by atoms with Gasteiger partial charge in [-0.2, -0.15) is 0 Å². The van der Waals surface area contributed by atoms with Gasteiger partial charge in [-0.15, -0.1) is 0 Å². The number of halogens is 2. The molecule has 0 aliphatic heterocycles. The Morgan fingerprint density at radius 2 is 2.21 bits per heavy atom. The van der Waals surface area contributed by atoms with E-state index in [-0.39, 0.29) is 11.1 Å². The maximum Gasteiger partial charge on any atom is 0.145 e. The lowest BCUT2D eigenvalue weighted by Gasteiger charge is -2.12. The van der Waals surface area contributed by atoms with E-state index in [4.69, 9.17) is 22.1 Å². The molecule has 0 heterocycles. The van der Waals surface area contributed by atoms with Gasteiger partial charge in [-0.1, -0.05) is 17.7 Å². The van der Waals surface area contributed by atoms with Crippen molar-refractivity contribution in [2.45, 2.75) is 19.4 Å². The molecule has 1 aromatic rings. The summed E-state index contributed by atoms with van der Waals surface area (Å²) in [6, 6.07) is 2.96. The lowest BCUT2D eigenvalue weighted by molar-refractivity contribution is 0.405. The van der Waals surface area contributed by atoms with Crippen molar-refractivity contribution in [3.05, 3.63) is 28.5 Å². The molecular weight excluding hydrogens is 205 g/mol. The average molecular weight is 218 g/mol. The van der Waals surface area contributed by atoms with Crippen molar-refractivity contribution >= 4 is 11.6 Å². The van der Waals surface area contributed by atoms with Crippen LogP contribution in [0.25, 0.3) is 0 Å². The van der Waals surface area contributed by atoms with Gasteiger partial charge in [0.15, 0.2) is 0 Å². The van der Waals surface area contributed by atoms with E-state index in [2.05, 4.69) is 0 Å². The van der Waals surface area contributed by atoms with Crippen LogP contribution in [-0.4, -0.2) is 13.2 Å². The van der Waals surface area contributed by atoms with Crippen molar-refractivity contribution in [1.82, 2.24) is 0 Å². The van der Waals surface area contributed by atoms with E-state index in [0.717, 1.165) is 5.56 Å². The third-order valence-corrected chi connectivity index (χ3v) is 2.23. The maximum absolute atomic E-state index is 13.0. The lowest BCUT2D eigenvalue weighted by atomic mass is 10.1. The summed E-state index contributed by atoms with van der Waals surface area (Å²) in [6.45, 7) is 1.87. The van der Waals surface area contributed by atoms with E-state index in [1.807, 2.05) is 6.92 Å². The smallest absolute Gasteiger partial charge is 0.145 e. The van der Waals surface area contributed by atoms with Gasteiger partial charge in [0.2, 0.25) is 0 Å². The number of rotatable bonds is 3. The predicted molar refractivity (Wildman–Crippen MR) is 55.3 cm³/mol.